The molecule has 0 radical (unpaired) electrons. The Hall–Kier alpha value is -4.38. The van der Waals surface area contributed by atoms with E-state index in [2.05, 4.69) is 27.4 Å². The summed E-state index contributed by atoms with van der Waals surface area (Å²) in [6.07, 6.45) is 1.19. The minimum atomic E-state index is -4.67. The van der Waals surface area contributed by atoms with Crippen LogP contribution >= 0.6 is 0 Å². The van der Waals surface area contributed by atoms with Crippen molar-refractivity contribution in [2.24, 2.45) is 51.7 Å². The fourth-order valence-corrected chi connectivity index (χ4v) is 7.71. The highest BCUT2D eigenvalue weighted by atomic mass is 19.4. The van der Waals surface area contributed by atoms with Crippen LogP contribution in [0, 0.1) is 41.4 Å². The molecule has 0 bridgehead atoms. The lowest BCUT2D eigenvalue weighted by Crippen LogP contribution is -2.47. The number of amides is 2. The average molecular weight is 863 g/mol. The number of hydrogen-bond acceptors (Lipinski definition) is 11. The Balaban J connectivity index is 1.49. The Morgan fingerprint density at radius 3 is 2.16 bits per heavy atom. The normalized spacial score (nSPS) is 24.8. The molecule has 0 aromatic heterocycles. The summed E-state index contributed by atoms with van der Waals surface area (Å²) in [5.74, 6) is -3.59. The SMILES string of the molecule is C=C/C=C\[C@H](C)[C@H](OC(=O)NCCCNC(=O)c1ccc(C2(C(F)(F)F)N=N2)cc1)[C@@H](C)[C@H](O)[C@@H](C)C/C(C)=C\[C@H](C)[C@@H](O)[C@@H](C)/C=C\[C@@H](O)C[C@@H]1OC(=O)[C@H](C)[C@@H](O)[C@H]1C. The third kappa shape index (κ3) is 14.1. The number of esters is 1. The summed E-state index contributed by atoms with van der Waals surface area (Å²) in [5.41, 5.74) is -1.64. The van der Waals surface area contributed by atoms with Crippen molar-refractivity contribution in [2.45, 2.75) is 123 Å². The van der Waals surface area contributed by atoms with E-state index in [4.69, 9.17) is 9.47 Å². The van der Waals surface area contributed by atoms with Crippen molar-refractivity contribution in [1.82, 2.24) is 10.6 Å². The first-order valence-electron chi connectivity index (χ1n) is 21.0. The molecule has 2 amide bonds. The van der Waals surface area contributed by atoms with Gasteiger partial charge in [-0.1, -0.05) is 102 Å². The van der Waals surface area contributed by atoms with Crippen molar-refractivity contribution in [2.75, 3.05) is 13.1 Å². The summed E-state index contributed by atoms with van der Waals surface area (Å²) < 4.78 is 51.1. The molecule has 0 aliphatic carbocycles. The van der Waals surface area contributed by atoms with E-state index in [0.29, 0.717) is 12.8 Å². The van der Waals surface area contributed by atoms with Gasteiger partial charge < -0.3 is 40.5 Å². The lowest BCUT2D eigenvalue weighted by Gasteiger charge is -2.36. The number of rotatable bonds is 22. The fraction of sp³-hybridized carbons (Fsp3) is 0.622. The Labute approximate surface area is 357 Å². The molecule has 0 unspecified atom stereocenters. The summed E-state index contributed by atoms with van der Waals surface area (Å²) in [7, 11) is 0. The summed E-state index contributed by atoms with van der Waals surface area (Å²) in [4.78, 5) is 37.6. The van der Waals surface area contributed by atoms with E-state index in [0.717, 1.165) is 5.57 Å². The minimum absolute atomic E-state index is 0.126. The molecule has 6 N–H and O–H groups in total. The van der Waals surface area contributed by atoms with E-state index in [9.17, 15) is 48.0 Å². The number of carbonyl (C=O) groups is 3. The predicted molar refractivity (Wildman–Crippen MR) is 224 cm³/mol. The molecule has 2 aliphatic heterocycles. The number of halogens is 3. The molecule has 61 heavy (non-hydrogen) atoms. The van der Waals surface area contributed by atoms with Gasteiger partial charge in [0.25, 0.3) is 5.91 Å². The number of hydrogen-bond donors (Lipinski definition) is 6. The molecular weight excluding hydrogens is 798 g/mol. The van der Waals surface area contributed by atoms with Crippen LogP contribution in [-0.4, -0.2) is 94.3 Å². The lowest BCUT2D eigenvalue weighted by atomic mass is 9.81. The molecule has 0 spiro atoms. The standard InChI is InChI=1S/C45H65F3N4O9/c1-10-11-13-27(4)40(61-43(59)50-21-12-20-49-41(57)33-15-17-34(18-16-33)44(51-52-44)45(46,47)48)31(8)38(55)29(6)23-25(2)22-28(5)37(54)26(3)14-19-35(53)24-36-30(7)39(56)32(9)42(58)60-36/h10-11,13-19,22,26-32,35-40,53-56H,1,12,20-21,23-24H2,2-9H3,(H,49,57)(H,50,59)/b13-11-,19-14-,25-22-/t26-,27-,28-,29-,30-,31-,32+,35+,36-,37-,38+,39-,40-/m0/s1. The Bertz CT molecular complexity index is 1740. The van der Waals surface area contributed by atoms with Crippen LogP contribution in [0.3, 0.4) is 0 Å². The van der Waals surface area contributed by atoms with Crippen LogP contribution in [0.15, 0.2) is 83.1 Å². The smallest absolute Gasteiger partial charge is 0.442 e. The number of alkyl carbamates (subject to hydrolysis) is 1. The topological polar surface area (TPSA) is 199 Å². The van der Waals surface area contributed by atoms with Crippen LogP contribution in [0.2, 0.25) is 0 Å². The predicted octanol–water partition coefficient (Wildman–Crippen LogP) is 6.93. The van der Waals surface area contributed by atoms with E-state index in [1.807, 2.05) is 53.7 Å². The van der Waals surface area contributed by atoms with Crippen molar-refractivity contribution in [3.63, 3.8) is 0 Å². The monoisotopic (exact) mass is 862 g/mol. The fourth-order valence-electron chi connectivity index (χ4n) is 7.71. The number of aliphatic hydroxyl groups excluding tert-OH is 4. The number of carbonyl (C=O) groups excluding carboxylic acids is 3. The molecule has 1 aromatic rings. The number of nitrogens with one attached hydrogen (secondary N) is 2. The van der Waals surface area contributed by atoms with Gasteiger partial charge in [0.05, 0.1) is 30.3 Å². The largest absolute Gasteiger partial charge is 0.462 e. The van der Waals surface area contributed by atoms with Crippen molar-refractivity contribution in [1.29, 1.82) is 0 Å². The van der Waals surface area contributed by atoms with E-state index < -0.39 is 78.3 Å². The quantitative estimate of drug-likeness (QED) is 0.0310. The summed E-state index contributed by atoms with van der Waals surface area (Å²) in [6.45, 7) is 18.6. The molecule has 16 heteroatoms. The molecule has 340 valence electrons. The van der Waals surface area contributed by atoms with Crippen LogP contribution in [0.1, 0.15) is 90.6 Å². The highest BCUT2D eigenvalue weighted by Gasteiger charge is 2.65. The van der Waals surface area contributed by atoms with Crippen LogP contribution < -0.4 is 10.6 Å². The molecule has 0 saturated carbocycles. The van der Waals surface area contributed by atoms with E-state index in [-0.39, 0.29) is 60.2 Å². The Morgan fingerprint density at radius 2 is 1.57 bits per heavy atom. The second-order valence-electron chi connectivity index (χ2n) is 16.9. The molecule has 1 saturated heterocycles. The number of cyclic esters (lactones) is 1. The molecule has 1 fully saturated rings. The first-order chi connectivity index (χ1) is 28.5. The number of benzene rings is 1. The zero-order valence-electron chi connectivity index (χ0n) is 36.4. The molecule has 2 aliphatic rings. The minimum Gasteiger partial charge on any atom is -0.462 e. The van der Waals surface area contributed by atoms with Crippen LogP contribution in [-0.2, 0) is 19.9 Å². The molecule has 13 atom stereocenters. The molecule has 13 nitrogen and oxygen atoms in total. The van der Waals surface area contributed by atoms with Gasteiger partial charge in [0, 0.05) is 60.2 Å². The van der Waals surface area contributed by atoms with Gasteiger partial charge >= 0.3 is 23.9 Å². The summed E-state index contributed by atoms with van der Waals surface area (Å²) in [5, 5.41) is 55.2. The molecule has 3 rings (SSSR count). The zero-order valence-corrected chi connectivity index (χ0v) is 36.4. The second kappa shape index (κ2) is 22.6. The highest BCUT2D eigenvalue weighted by Crippen LogP contribution is 2.52. The van der Waals surface area contributed by atoms with Gasteiger partial charge in [-0.25, -0.2) is 4.79 Å². The Kier molecular flexibility index (Phi) is 18.9. The van der Waals surface area contributed by atoms with E-state index in [1.165, 1.54) is 24.3 Å². The maximum atomic E-state index is 13.3. The summed E-state index contributed by atoms with van der Waals surface area (Å²) in [6, 6.07) is 4.87. The van der Waals surface area contributed by atoms with Gasteiger partial charge in [-0.2, -0.15) is 13.2 Å². The van der Waals surface area contributed by atoms with Gasteiger partial charge in [-0.15, -0.1) is 10.2 Å². The van der Waals surface area contributed by atoms with Crippen LogP contribution in [0.4, 0.5) is 18.0 Å². The maximum Gasteiger partial charge on any atom is 0.442 e. The van der Waals surface area contributed by atoms with Crippen molar-refractivity contribution >= 4 is 18.0 Å². The van der Waals surface area contributed by atoms with Gasteiger partial charge in [-0.3, -0.25) is 9.59 Å². The third-order valence-electron chi connectivity index (χ3n) is 11.8. The number of ether oxygens (including phenoxy) is 2. The van der Waals surface area contributed by atoms with Gasteiger partial charge in [0.2, 0.25) is 0 Å². The zero-order chi connectivity index (χ0) is 45.8. The molecular formula is C45H65F3N4O9. The second-order valence-corrected chi connectivity index (χ2v) is 16.9. The number of allylic oxidation sites excluding steroid dienone is 3. The van der Waals surface area contributed by atoms with Gasteiger partial charge in [0.15, 0.2) is 0 Å². The average Bonchev–Trinajstić information content (AvgIpc) is 4.04. The van der Waals surface area contributed by atoms with Crippen LogP contribution in [0.25, 0.3) is 0 Å². The van der Waals surface area contributed by atoms with Crippen molar-refractivity contribution in [3.05, 3.63) is 84.0 Å². The lowest BCUT2D eigenvalue weighted by molar-refractivity contribution is -0.179. The Morgan fingerprint density at radius 1 is 0.951 bits per heavy atom. The summed E-state index contributed by atoms with van der Waals surface area (Å²) >= 11 is 0. The number of nitrogens with zero attached hydrogens (tertiary/aromatic N) is 2. The third-order valence-corrected chi connectivity index (χ3v) is 11.8. The highest BCUT2D eigenvalue weighted by molar-refractivity contribution is 5.94. The van der Waals surface area contributed by atoms with Crippen molar-refractivity contribution in [3.8, 4) is 0 Å². The first kappa shape index (κ1) is 51.0. The van der Waals surface area contributed by atoms with E-state index in [1.54, 1.807) is 38.2 Å². The van der Waals surface area contributed by atoms with Crippen molar-refractivity contribution < 1.29 is 57.5 Å². The first-order valence-corrected chi connectivity index (χ1v) is 21.0. The number of aliphatic hydroxyl groups is 4. The van der Waals surface area contributed by atoms with E-state index >= 15 is 0 Å². The molecule has 2 heterocycles. The van der Waals surface area contributed by atoms with Gasteiger partial charge in [0.1, 0.15) is 12.2 Å². The van der Waals surface area contributed by atoms with Gasteiger partial charge in [-0.05, 0) is 44.7 Å². The number of alkyl halides is 3. The van der Waals surface area contributed by atoms with Crippen LogP contribution in [0.5, 0.6) is 0 Å². The maximum absolute atomic E-state index is 13.3. The molecule has 1 aromatic carbocycles.